The summed E-state index contributed by atoms with van der Waals surface area (Å²) < 4.78 is 5.50. The fraction of sp³-hybridized carbons (Fsp3) is 0.375. The van der Waals surface area contributed by atoms with E-state index in [1.165, 1.54) is 4.90 Å². The molecule has 1 aliphatic heterocycles. The summed E-state index contributed by atoms with van der Waals surface area (Å²) in [7, 11) is 0. The smallest absolute Gasteiger partial charge is 0.343 e. The number of hydrogen-bond donors (Lipinski definition) is 0. The molecule has 4 atom stereocenters. The molecule has 1 heterocycles. The summed E-state index contributed by atoms with van der Waals surface area (Å²) in [5.41, 5.74) is 2.94. The molecule has 2 aromatic carbocycles. The minimum absolute atomic E-state index is 0.105. The number of esters is 1. The Balaban J connectivity index is 1.40. The quantitative estimate of drug-likeness (QED) is 0.451. The number of carbonyl (C=O) groups excluding carboxylic acids is 3. The molecule has 2 aliphatic carbocycles. The molecule has 2 amide bonds. The van der Waals surface area contributed by atoms with Crippen molar-refractivity contribution in [3.63, 3.8) is 0 Å². The van der Waals surface area contributed by atoms with Crippen LogP contribution in [0.1, 0.15) is 40.7 Å². The van der Waals surface area contributed by atoms with Crippen molar-refractivity contribution in [2.24, 2.45) is 23.7 Å². The lowest BCUT2D eigenvalue weighted by Crippen LogP contribution is -2.32. The highest BCUT2D eigenvalue weighted by molar-refractivity contribution is 6.22. The molecule has 0 N–H and O–H groups in total. The van der Waals surface area contributed by atoms with E-state index in [4.69, 9.17) is 4.74 Å². The number of benzene rings is 2. The van der Waals surface area contributed by atoms with Crippen LogP contribution in [0.15, 0.2) is 42.5 Å². The van der Waals surface area contributed by atoms with E-state index in [0.717, 1.165) is 30.4 Å². The van der Waals surface area contributed by atoms with E-state index in [9.17, 15) is 14.4 Å². The Kier molecular flexibility index (Phi) is 4.09. The van der Waals surface area contributed by atoms with E-state index in [1.807, 2.05) is 26.0 Å². The number of aryl methyl sites for hydroxylation is 2. The van der Waals surface area contributed by atoms with E-state index in [1.54, 1.807) is 30.3 Å². The first-order chi connectivity index (χ1) is 13.9. The zero-order valence-electron chi connectivity index (χ0n) is 16.6. The summed E-state index contributed by atoms with van der Waals surface area (Å²) >= 11 is 0. The van der Waals surface area contributed by atoms with Gasteiger partial charge in [-0.2, -0.15) is 0 Å². The van der Waals surface area contributed by atoms with Crippen molar-refractivity contribution in [2.75, 3.05) is 4.90 Å². The number of ether oxygens (including phenoxy) is 1. The first-order valence-corrected chi connectivity index (χ1v) is 10.2. The van der Waals surface area contributed by atoms with E-state index >= 15 is 0 Å². The van der Waals surface area contributed by atoms with Crippen LogP contribution in [0.3, 0.4) is 0 Å². The molecule has 148 valence electrons. The third kappa shape index (κ3) is 2.79. The third-order valence-electron chi connectivity index (χ3n) is 6.96. The van der Waals surface area contributed by atoms with Crippen molar-refractivity contribution in [1.29, 1.82) is 0 Å². The van der Waals surface area contributed by atoms with Crippen LogP contribution in [0, 0.1) is 37.5 Å². The lowest BCUT2D eigenvalue weighted by atomic mass is 9.81. The van der Waals surface area contributed by atoms with Gasteiger partial charge in [0.2, 0.25) is 11.8 Å². The molecule has 0 aromatic heterocycles. The average molecular weight is 389 g/mol. The highest BCUT2D eigenvalue weighted by atomic mass is 16.5. The first kappa shape index (κ1) is 18.1. The minimum Gasteiger partial charge on any atom is -0.423 e. The normalized spacial score (nSPS) is 27.4. The molecule has 2 aromatic rings. The molecule has 0 radical (unpaired) electrons. The van der Waals surface area contributed by atoms with Gasteiger partial charge in [0.25, 0.3) is 0 Å². The zero-order valence-corrected chi connectivity index (χ0v) is 16.6. The van der Waals surface area contributed by atoms with E-state index in [-0.39, 0.29) is 23.7 Å². The van der Waals surface area contributed by atoms with Gasteiger partial charge in [-0.15, -0.1) is 0 Å². The Hall–Kier alpha value is -2.95. The zero-order chi connectivity index (χ0) is 20.3. The Morgan fingerprint density at radius 3 is 2.28 bits per heavy atom. The molecule has 2 bridgehead atoms. The van der Waals surface area contributed by atoms with Crippen LogP contribution in [0.2, 0.25) is 0 Å². The topological polar surface area (TPSA) is 63.7 Å². The van der Waals surface area contributed by atoms with Gasteiger partial charge in [0.05, 0.1) is 23.1 Å². The van der Waals surface area contributed by atoms with Crippen molar-refractivity contribution >= 4 is 23.5 Å². The highest BCUT2D eigenvalue weighted by Gasteiger charge is 2.61. The summed E-state index contributed by atoms with van der Waals surface area (Å²) in [6.45, 7) is 3.96. The molecule has 0 unspecified atom stereocenters. The molecule has 5 rings (SSSR count). The van der Waals surface area contributed by atoms with Gasteiger partial charge in [-0.05, 0) is 86.4 Å². The molecule has 29 heavy (non-hydrogen) atoms. The van der Waals surface area contributed by atoms with Crippen LogP contribution in [-0.2, 0) is 9.59 Å². The van der Waals surface area contributed by atoms with Gasteiger partial charge in [-0.25, -0.2) is 4.79 Å². The Morgan fingerprint density at radius 2 is 1.62 bits per heavy atom. The predicted molar refractivity (Wildman–Crippen MR) is 108 cm³/mol. The lowest BCUT2D eigenvalue weighted by Gasteiger charge is -2.19. The number of imide groups is 1. The van der Waals surface area contributed by atoms with Crippen LogP contribution in [0.5, 0.6) is 5.75 Å². The summed E-state index contributed by atoms with van der Waals surface area (Å²) in [6, 6.07) is 12.1. The maximum atomic E-state index is 13.0. The molecule has 5 heteroatoms. The van der Waals surface area contributed by atoms with Gasteiger partial charge in [0.1, 0.15) is 5.75 Å². The largest absolute Gasteiger partial charge is 0.423 e. The second-order valence-electron chi connectivity index (χ2n) is 8.58. The molecule has 1 saturated heterocycles. The van der Waals surface area contributed by atoms with Crippen LogP contribution in [0.4, 0.5) is 5.69 Å². The van der Waals surface area contributed by atoms with E-state index < -0.39 is 5.97 Å². The summed E-state index contributed by atoms with van der Waals surface area (Å²) in [5, 5.41) is 0. The highest BCUT2D eigenvalue weighted by Crippen LogP contribution is 2.56. The number of fused-ring (bicyclic) bond motifs is 5. The standard InChI is InChI=1S/C24H23NO4/c1-13-6-9-19(10-14(13)2)29-24(28)17-4-3-5-18(12-17)25-22(26)20-15-7-8-16(11-15)21(20)23(25)27/h3-6,9-10,12,15-16,20-21H,7-8,11H2,1-2H3/t15-,16-,20+,21+/m0/s1. The Labute approximate surface area is 169 Å². The van der Waals surface area contributed by atoms with E-state index in [2.05, 4.69) is 0 Å². The number of amides is 2. The molecule has 5 nitrogen and oxygen atoms in total. The van der Waals surface area contributed by atoms with Crippen LogP contribution < -0.4 is 9.64 Å². The monoisotopic (exact) mass is 389 g/mol. The van der Waals surface area contributed by atoms with Gasteiger partial charge < -0.3 is 4.74 Å². The Morgan fingerprint density at radius 1 is 0.931 bits per heavy atom. The second-order valence-corrected chi connectivity index (χ2v) is 8.58. The van der Waals surface area contributed by atoms with Crippen molar-refractivity contribution < 1.29 is 19.1 Å². The minimum atomic E-state index is -0.505. The van der Waals surface area contributed by atoms with Crippen molar-refractivity contribution in [3.8, 4) is 5.75 Å². The average Bonchev–Trinajstić information content (AvgIpc) is 3.38. The molecule has 3 aliphatic rings. The van der Waals surface area contributed by atoms with Crippen molar-refractivity contribution in [3.05, 3.63) is 59.2 Å². The van der Waals surface area contributed by atoms with E-state index in [0.29, 0.717) is 28.8 Å². The van der Waals surface area contributed by atoms with Gasteiger partial charge in [-0.3, -0.25) is 14.5 Å². The first-order valence-electron chi connectivity index (χ1n) is 10.2. The maximum Gasteiger partial charge on any atom is 0.343 e. The van der Waals surface area contributed by atoms with Crippen molar-refractivity contribution in [1.82, 2.24) is 0 Å². The summed E-state index contributed by atoms with van der Waals surface area (Å²) in [4.78, 5) is 40.0. The van der Waals surface area contributed by atoms with Gasteiger partial charge in [0, 0.05) is 0 Å². The van der Waals surface area contributed by atoms with Crippen LogP contribution >= 0.6 is 0 Å². The predicted octanol–water partition coefficient (Wildman–Crippen LogP) is 4.06. The number of hydrogen-bond acceptors (Lipinski definition) is 4. The van der Waals surface area contributed by atoms with Crippen LogP contribution in [-0.4, -0.2) is 17.8 Å². The van der Waals surface area contributed by atoms with Gasteiger partial charge >= 0.3 is 5.97 Å². The summed E-state index contributed by atoms with van der Waals surface area (Å²) in [6.07, 6.45) is 3.09. The molecule has 0 spiro atoms. The number of carbonyl (C=O) groups is 3. The third-order valence-corrected chi connectivity index (χ3v) is 6.96. The van der Waals surface area contributed by atoms with Crippen molar-refractivity contribution in [2.45, 2.75) is 33.1 Å². The molecule has 3 fully saturated rings. The fourth-order valence-electron chi connectivity index (χ4n) is 5.38. The number of rotatable bonds is 3. The Bertz CT molecular complexity index is 1010. The number of anilines is 1. The molecule has 2 saturated carbocycles. The summed E-state index contributed by atoms with van der Waals surface area (Å²) in [5.74, 6) is 0.0877. The lowest BCUT2D eigenvalue weighted by molar-refractivity contribution is -0.123. The van der Waals surface area contributed by atoms with Gasteiger partial charge in [-0.1, -0.05) is 12.1 Å². The molecular weight excluding hydrogens is 366 g/mol. The second kappa shape index (κ2) is 6.55. The fourth-order valence-corrected chi connectivity index (χ4v) is 5.38. The van der Waals surface area contributed by atoms with Gasteiger partial charge in [0.15, 0.2) is 0 Å². The number of nitrogens with zero attached hydrogens (tertiary/aromatic N) is 1. The molecular formula is C24H23NO4. The maximum absolute atomic E-state index is 13.0. The van der Waals surface area contributed by atoms with Crippen LogP contribution in [0.25, 0.3) is 0 Å². The SMILES string of the molecule is Cc1ccc(OC(=O)c2cccc(N3C(=O)[C@@H]4[C@H]5CC[C@@H](C5)[C@H]4C3=O)c2)cc1C.